The Kier molecular flexibility index (Phi) is 11.8. The van der Waals surface area contributed by atoms with E-state index in [0.29, 0.717) is 31.7 Å². The van der Waals surface area contributed by atoms with Crippen LogP contribution in [0.5, 0.6) is 0 Å². The van der Waals surface area contributed by atoms with E-state index in [1.54, 1.807) is 19.2 Å². The lowest BCUT2D eigenvalue weighted by molar-refractivity contribution is -0.139. The van der Waals surface area contributed by atoms with Gasteiger partial charge in [-0.1, -0.05) is 49.6 Å². The third-order valence-electron chi connectivity index (χ3n) is 9.08. The van der Waals surface area contributed by atoms with Gasteiger partial charge in [0.1, 0.15) is 15.9 Å². The van der Waals surface area contributed by atoms with Crippen LogP contribution >= 0.6 is 0 Å². The van der Waals surface area contributed by atoms with Crippen LogP contribution < -0.4 is 5.32 Å². The monoisotopic (exact) mass is 662 g/mol. The van der Waals surface area contributed by atoms with Crippen LogP contribution in [0.1, 0.15) is 66.4 Å². The van der Waals surface area contributed by atoms with Crippen molar-refractivity contribution in [2.75, 3.05) is 38.0 Å². The minimum Gasteiger partial charge on any atom is -0.480 e. The smallest absolute Gasteiger partial charge is 0.326 e. The van der Waals surface area contributed by atoms with Crippen molar-refractivity contribution in [3.63, 3.8) is 0 Å². The summed E-state index contributed by atoms with van der Waals surface area (Å²) in [4.78, 5) is 27.5. The number of likely N-dealkylation sites (tertiary alicyclic amines) is 1. The fourth-order valence-corrected chi connectivity index (χ4v) is 9.48. The minimum atomic E-state index is -3.42. The molecule has 1 amide bonds. The molecule has 2 N–H and O–H groups in total. The van der Waals surface area contributed by atoms with Gasteiger partial charge >= 0.3 is 5.97 Å². The maximum absolute atomic E-state index is 13.5. The molecule has 2 fully saturated rings. The number of benzene rings is 2. The van der Waals surface area contributed by atoms with Gasteiger partial charge in [-0.15, -0.1) is 0 Å². The lowest BCUT2D eigenvalue weighted by Gasteiger charge is -2.25. The predicted molar refractivity (Wildman–Crippen MR) is 175 cm³/mol. The first-order chi connectivity index (χ1) is 21.3. The Hall–Kier alpha value is -2.80. The summed E-state index contributed by atoms with van der Waals surface area (Å²) in [6.45, 7) is 3.19. The second-order valence-electron chi connectivity index (χ2n) is 12.7. The van der Waals surface area contributed by atoms with Crippen LogP contribution in [0.15, 0.2) is 42.5 Å². The summed E-state index contributed by atoms with van der Waals surface area (Å²) in [5.41, 5.74) is 3.47. The van der Waals surface area contributed by atoms with Gasteiger partial charge in [0.2, 0.25) is 0 Å². The van der Waals surface area contributed by atoms with E-state index in [0.717, 1.165) is 48.6 Å². The number of hydrogen-bond donors (Lipinski definition) is 2. The molecule has 1 saturated heterocycles. The first kappa shape index (κ1) is 35.1. The van der Waals surface area contributed by atoms with Gasteiger partial charge in [0.15, 0.2) is 9.84 Å². The molecule has 2 aromatic carbocycles. The minimum absolute atomic E-state index is 0.0720. The summed E-state index contributed by atoms with van der Waals surface area (Å²) in [6.07, 6.45) is 6.60. The van der Waals surface area contributed by atoms with Gasteiger partial charge in [-0.2, -0.15) is 0 Å². The molecular weight excluding hydrogens is 617 g/mol. The van der Waals surface area contributed by atoms with Crippen molar-refractivity contribution in [2.45, 2.75) is 75.7 Å². The summed E-state index contributed by atoms with van der Waals surface area (Å²) >= 11 is 0. The molecule has 0 aromatic heterocycles. The maximum atomic E-state index is 13.5. The van der Waals surface area contributed by atoms with E-state index in [1.807, 2.05) is 37.3 Å². The van der Waals surface area contributed by atoms with E-state index in [2.05, 4.69) is 10.2 Å². The van der Waals surface area contributed by atoms with Crippen LogP contribution in [0.3, 0.4) is 0 Å². The second kappa shape index (κ2) is 15.2. The summed E-state index contributed by atoms with van der Waals surface area (Å²) in [6, 6.07) is 11.5. The topological polar surface area (TPSA) is 147 Å². The Morgan fingerprint density at radius 2 is 1.76 bits per heavy atom. The molecule has 0 radical (unpaired) electrons. The Balaban J connectivity index is 1.59. The van der Waals surface area contributed by atoms with E-state index in [-0.39, 0.29) is 35.4 Å². The predicted octanol–water partition coefficient (Wildman–Crippen LogP) is 3.86. The number of rotatable bonds is 14. The summed E-state index contributed by atoms with van der Waals surface area (Å²) in [5.74, 6) is -1.82. The fourth-order valence-electron chi connectivity index (χ4n) is 6.62. The van der Waals surface area contributed by atoms with Gasteiger partial charge in [0, 0.05) is 38.1 Å². The molecule has 2 aliphatic rings. The number of carbonyl (C=O) groups is 2. The first-order valence-corrected chi connectivity index (χ1v) is 19.4. The molecule has 248 valence electrons. The largest absolute Gasteiger partial charge is 0.480 e. The molecular formula is C33H46N2O8S2. The average molecular weight is 663 g/mol. The lowest BCUT2D eigenvalue weighted by Crippen LogP contribution is -2.42. The number of nitrogens with one attached hydrogen (secondary N) is 1. The molecule has 4 rings (SSSR count). The molecule has 3 atom stereocenters. The third-order valence-corrected chi connectivity index (χ3v) is 12.3. The number of aliphatic carboxylic acids is 1. The molecule has 0 spiro atoms. The number of carbonyl (C=O) groups excluding carboxylic acids is 1. The van der Waals surface area contributed by atoms with Gasteiger partial charge in [-0.25, -0.2) is 21.6 Å². The number of sulfone groups is 2. The standard InChI is InChI=1S/C33H46N2O8S2/c1-23-9-7-8-12-28(23)30-17-25(13-14-29(30)32(36)34-31(33(37)38)15-16-44(3,39)40)19-35-20-27(18-26(35)21-43-2)45(41,42)22-24-10-5-4-6-11-24/h7-9,12-14,17,24,26-27,31H,4-6,10-11,15-16,18-22H2,1-3H3,(H,34,36)(H,37,38)/t26-,27?,31+/m0/s1. The van der Waals surface area contributed by atoms with Crippen molar-refractivity contribution >= 4 is 31.6 Å². The summed E-state index contributed by atoms with van der Waals surface area (Å²) in [5, 5.41) is 11.7. The highest BCUT2D eigenvalue weighted by Crippen LogP contribution is 2.33. The van der Waals surface area contributed by atoms with Crippen LogP contribution in [0.25, 0.3) is 11.1 Å². The second-order valence-corrected chi connectivity index (χ2v) is 17.3. The third kappa shape index (κ3) is 9.60. The Morgan fingerprint density at radius 3 is 2.40 bits per heavy atom. The molecule has 1 aliphatic heterocycles. The van der Waals surface area contributed by atoms with Gasteiger partial charge in [0.25, 0.3) is 5.91 Å². The highest BCUT2D eigenvalue weighted by Gasteiger charge is 2.40. The molecule has 1 heterocycles. The van der Waals surface area contributed by atoms with Gasteiger partial charge < -0.3 is 15.2 Å². The number of carboxylic acid groups (broad SMARTS) is 1. The van der Waals surface area contributed by atoms with E-state index in [4.69, 9.17) is 4.74 Å². The Labute approximate surface area is 267 Å². The van der Waals surface area contributed by atoms with Crippen molar-refractivity contribution < 1.29 is 36.3 Å². The average Bonchev–Trinajstić information content (AvgIpc) is 3.38. The first-order valence-electron chi connectivity index (χ1n) is 15.6. The maximum Gasteiger partial charge on any atom is 0.326 e. The number of hydrogen-bond acceptors (Lipinski definition) is 8. The van der Waals surface area contributed by atoms with Crippen LogP contribution in [-0.4, -0.2) is 94.1 Å². The molecule has 1 aliphatic carbocycles. The molecule has 12 heteroatoms. The highest BCUT2D eigenvalue weighted by atomic mass is 32.2. The summed E-state index contributed by atoms with van der Waals surface area (Å²) in [7, 11) is -5.08. The zero-order valence-corrected chi connectivity index (χ0v) is 28.0. The van der Waals surface area contributed by atoms with Crippen LogP contribution in [0, 0.1) is 12.8 Å². The van der Waals surface area contributed by atoms with E-state index < -0.39 is 42.8 Å². The SMILES string of the molecule is COC[C@@H]1CC(S(=O)(=O)CC2CCCCC2)CN1Cc1ccc(C(=O)N[C@H](CCS(C)(=O)=O)C(=O)O)c(-c2ccccc2C)c1. The van der Waals surface area contributed by atoms with Crippen molar-refractivity contribution in [3.8, 4) is 11.1 Å². The number of carboxylic acids is 1. The molecule has 1 unspecified atom stereocenters. The zero-order chi connectivity index (χ0) is 32.8. The summed E-state index contributed by atoms with van der Waals surface area (Å²) < 4.78 is 55.8. The fraction of sp³-hybridized carbons (Fsp3) is 0.576. The number of ether oxygens (including phenoxy) is 1. The van der Waals surface area contributed by atoms with Gasteiger partial charge in [-0.05, 0) is 72.9 Å². The van der Waals surface area contributed by atoms with Crippen molar-refractivity contribution in [1.29, 1.82) is 0 Å². The molecule has 1 saturated carbocycles. The zero-order valence-electron chi connectivity index (χ0n) is 26.4. The number of aryl methyl sites for hydroxylation is 1. The van der Waals surface area contributed by atoms with E-state index in [9.17, 15) is 31.5 Å². The highest BCUT2D eigenvalue weighted by molar-refractivity contribution is 7.92. The van der Waals surface area contributed by atoms with Gasteiger partial charge in [0.05, 0.1) is 23.4 Å². The van der Waals surface area contributed by atoms with E-state index >= 15 is 0 Å². The molecule has 2 aromatic rings. The number of methoxy groups -OCH3 is 1. The van der Waals surface area contributed by atoms with Crippen molar-refractivity contribution in [1.82, 2.24) is 10.2 Å². The van der Waals surface area contributed by atoms with Crippen molar-refractivity contribution in [2.24, 2.45) is 5.92 Å². The molecule has 45 heavy (non-hydrogen) atoms. The van der Waals surface area contributed by atoms with E-state index in [1.165, 1.54) is 6.42 Å². The quantitative estimate of drug-likeness (QED) is 0.308. The Bertz CT molecular complexity index is 1570. The Morgan fingerprint density at radius 1 is 1.04 bits per heavy atom. The van der Waals surface area contributed by atoms with Crippen LogP contribution in [-0.2, 0) is 35.8 Å². The van der Waals surface area contributed by atoms with Gasteiger partial charge in [-0.3, -0.25) is 9.69 Å². The molecule has 0 bridgehead atoms. The normalized spacial score (nSPS) is 20.6. The molecule has 10 nitrogen and oxygen atoms in total. The van der Waals surface area contributed by atoms with Crippen molar-refractivity contribution in [3.05, 3.63) is 59.2 Å². The lowest BCUT2D eigenvalue weighted by atomic mass is 9.91. The van der Waals surface area contributed by atoms with Crippen LogP contribution in [0.2, 0.25) is 0 Å². The number of nitrogens with zero attached hydrogens (tertiary/aromatic N) is 1. The number of amides is 1. The van der Waals surface area contributed by atoms with Crippen LogP contribution in [0.4, 0.5) is 0 Å².